The van der Waals surface area contributed by atoms with Crippen LogP contribution in [0.4, 0.5) is 11.4 Å². The molecule has 0 fully saturated rings. The molecule has 0 atom stereocenters. The van der Waals surface area contributed by atoms with Crippen molar-refractivity contribution in [1.82, 2.24) is 5.43 Å². The standard InChI is InChI=1S/C27H30N4O6S/c1-19-8-7-10-24(20(19)2)31(38(4,34)35)17-26(32)30-28-16-21-12-14-22(15-13-21)37-18-27(33)29-23-9-5-6-11-25(23)36-3/h5-16H,17-18H2,1-4H3,(H,29,33)(H,30,32)/b28-16-. The monoisotopic (exact) mass is 538 g/mol. The maximum Gasteiger partial charge on any atom is 0.262 e. The van der Waals surface area contributed by atoms with E-state index in [1.807, 2.05) is 13.0 Å². The van der Waals surface area contributed by atoms with Crippen molar-refractivity contribution in [3.05, 3.63) is 83.4 Å². The number of rotatable bonds is 11. The lowest BCUT2D eigenvalue weighted by Gasteiger charge is -2.23. The largest absolute Gasteiger partial charge is 0.495 e. The minimum Gasteiger partial charge on any atom is -0.495 e. The molecule has 0 aliphatic rings. The molecule has 38 heavy (non-hydrogen) atoms. The van der Waals surface area contributed by atoms with Gasteiger partial charge in [-0.2, -0.15) is 5.10 Å². The van der Waals surface area contributed by atoms with Crippen molar-refractivity contribution in [1.29, 1.82) is 0 Å². The number of nitrogens with zero attached hydrogens (tertiary/aromatic N) is 2. The molecule has 2 N–H and O–H groups in total. The molecule has 0 heterocycles. The Morgan fingerprint density at radius 3 is 2.37 bits per heavy atom. The highest BCUT2D eigenvalue weighted by molar-refractivity contribution is 7.92. The van der Waals surface area contributed by atoms with Gasteiger partial charge in [0.25, 0.3) is 11.8 Å². The first-order valence-corrected chi connectivity index (χ1v) is 13.4. The first-order valence-electron chi connectivity index (χ1n) is 11.6. The van der Waals surface area contributed by atoms with Gasteiger partial charge in [-0.25, -0.2) is 13.8 Å². The number of nitrogens with one attached hydrogen (secondary N) is 2. The molecular weight excluding hydrogens is 508 g/mol. The van der Waals surface area contributed by atoms with Crippen molar-refractivity contribution >= 4 is 39.4 Å². The molecule has 11 heteroatoms. The van der Waals surface area contributed by atoms with E-state index in [4.69, 9.17) is 9.47 Å². The normalized spacial score (nSPS) is 11.2. The van der Waals surface area contributed by atoms with E-state index >= 15 is 0 Å². The molecule has 3 rings (SSSR count). The Morgan fingerprint density at radius 1 is 0.974 bits per heavy atom. The van der Waals surface area contributed by atoms with Gasteiger partial charge in [-0.15, -0.1) is 0 Å². The predicted octanol–water partition coefficient (Wildman–Crippen LogP) is 3.25. The van der Waals surface area contributed by atoms with E-state index in [0.717, 1.165) is 21.7 Å². The Morgan fingerprint density at radius 2 is 1.68 bits per heavy atom. The van der Waals surface area contributed by atoms with Gasteiger partial charge in [-0.1, -0.05) is 24.3 Å². The minimum atomic E-state index is -3.70. The summed E-state index contributed by atoms with van der Waals surface area (Å²) >= 11 is 0. The van der Waals surface area contributed by atoms with Crippen LogP contribution in [0.5, 0.6) is 11.5 Å². The Labute approximate surface area is 222 Å². The Bertz CT molecular complexity index is 1420. The molecule has 200 valence electrons. The summed E-state index contributed by atoms with van der Waals surface area (Å²) < 4.78 is 36.5. The van der Waals surface area contributed by atoms with Crippen molar-refractivity contribution in [3.8, 4) is 11.5 Å². The number of ether oxygens (including phenoxy) is 2. The third-order valence-electron chi connectivity index (χ3n) is 5.57. The predicted molar refractivity (Wildman–Crippen MR) is 147 cm³/mol. The highest BCUT2D eigenvalue weighted by Gasteiger charge is 2.22. The summed E-state index contributed by atoms with van der Waals surface area (Å²) in [6.45, 7) is 3.07. The molecule has 0 saturated heterocycles. The van der Waals surface area contributed by atoms with E-state index in [2.05, 4.69) is 15.8 Å². The van der Waals surface area contributed by atoms with Gasteiger partial charge in [0, 0.05) is 0 Å². The van der Waals surface area contributed by atoms with Crippen molar-refractivity contribution in [2.24, 2.45) is 5.10 Å². The zero-order chi connectivity index (χ0) is 27.7. The van der Waals surface area contributed by atoms with Crippen LogP contribution in [-0.2, 0) is 19.6 Å². The van der Waals surface area contributed by atoms with Gasteiger partial charge in [-0.3, -0.25) is 13.9 Å². The van der Waals surface area contributed by atoms with E-state index in [1.165, 1.54) is 13.3 Å². The topological polar surface area (TPSA) is 126 Å². The van der Waals surface area contributed by atoms with E-state index in [-0.39, 0.29) is 12.5 Å². The fraction of sp³-hybridized carbons (Fsp3) is 0.222. The number of carbonyl (C=O) groups is 2. The summed E-state index contributed by atoms with van der Waals surface area (Å²) in [7, 11) is -2.17. The average Bonchev–Trinajstić information content (AvgIpc) is 2.88. The maximum atomic E-state index is 12.4. The molecule has 0 aliphatic carbocycles. The molecule has 0 spiro atoms. The zero-order valence-electron chi connectivity index (χ0n) is 21.6. The Balaban J connectivity index is 1.52. The number of aryl methyl sites for hydroxylation is 1. The van der Waals surface area contributed by atoms with Crippen molar-refractivity contribution in [2.75, 3.05) is 36.1 Å². The van der Waals surface area contributed by atoms with Gasteiger partial charge in [0.2, 0.25) is 10.0 Å². The molecule has 10 nitrogen and oxygen atoms in total. The first kappa shape index (κ1) is 28.2. The summed E-state index contributed by atoms with van der Waals surface area (Å²) in [4.78, 5) is 24.6. The van der Waals surface area contributed by atoms with Crippen LogP contribution in [0.25, 0.3) is 0 Å². The van der Waals surface area contributed by atoms with Crippen LogP contribution in [0, 0.1) is 13.8 Å². The van der Waals surface area contributed by atoms with E-state index in [0.29, 0.717) is 28.4 Å². The van der Waals surface area contributed by atoms with E-state index in [1.54, 1.807) is 67.6 Å². The second kappa shape index (κ2) is 12.7. The molecular formula is C27H30N4O6S. The summed E-state index contributed by atoms with van der Waals surface area (Å²) in [5.74, 6) is 0.0880. The van der Waals surface area contributed by atoms with Gasteiger partial charge in [-0.05, 0) is 73.0 Å². The molecule has 0 radical (unpaired) electrons. The molecule has 3 aromatic rings. The second-order valence-electron chi connectivity index (χ2n) is 8.39. The van der Waals surface area contributed by atoms with Crippen LogP contribution in [-0.4, -0.2) is 53.0 Å². The number of hydrogen-bond donors (Lipinski definition) is 2. The Hall–Kier alpha value is -4.38. The summed E-state index contributed by atoms with van der Waals surface area (Å²) in [5.41, 5.74) is 5.69. The lowest BCUT2D eigenvalue weighted by molar-refractivity contribution is -0.119. The van der Waals surface area contributed by atoms with Crippen LogP contribution in [0.3, 0.4) is 0 Å². The zero-order valence-corrected chi connectivity index (χ0v) is 22.4. The molecule has 0 aromatic heterocycles. The number of benzene rings is 3. The third-order valence-corrected chi connectivity index (χ3v) is 6.69. The SMILES string of the molecule is COc1ccccc1NC(=O)COc1ccc(/C=N\NC(=O)CN(c2cccc(C)c2C)S(C)(=O)=O)cc1. The van der Waals surface area contributed by atoms with Crippen LogP contribution < -0.4 is 24.5 Å². The molecule has 3 aromatic carbocycles. The molecule has 0 bridgehead atoms. The van der Waals surface area contributed by atoms with Crippen LogP contribution >= 0.6 is 0 Å². The fourth-order valence-electron chi connectivity index (χ4n) is 3.46. The number of methoxy groups -OCH3 is 1. The number of anilines is 2. The van der Waals surface area contributed by atoms with Gasteiger partial charge in [0.15, 0.2) is 6.61 Å². The lowest BCUT2D eigenvalue weighted by atomic mass is 10.1. The quantitative estimate of drug-likeness (QED) is 0.285. The van der Waals surface area contributed by atoms with E-state index in [9.17, 15) is 18.0 Å². The van der Waals surface area contributed by atoms with Gasteiger partial charge < -0.3 is 14.8 Å². The molecule has 0 saturated carbocycles. The number of hydrogen-bond acceptors (Lipinski definition) is 7. The number of amides is 2. The molecule has 0 aliphatic heterocycles. The highest BCUT2D eigenvalue weighted by Crippen LogP contribution is 2.25. The van der Waals surface area contributed by atoms with Crippen LogP contribution in [0.1, 0.15) is 16.7 Å². The summed E-state index contributed by atoms with van der Waals surface area (Å²) in [6, 6.07) is 19.0. The smallest absolute Gasteiger partial charge is 0.262 e. The fourth-order valence-corrected chi connectivity index (χ4v) is 4.37. The Kier molecular flexibility index (Phi) is 9.44. The van der Waals surface area contributed by atoms with Gasteiger partial charge >= 0.3 is 0 Å². The van der Waals surface area contributed by atoms with Gasteiger partial charge in [0.1, 0.15) is 18.0 Å². The van der Waals surface area contributed by atoms with Crippen molar-refractivity contribution in [2.45, 2.75) is 13.8 Å². The first-order chi connectivity index (χ1) is 18.1. The highest BCUT2D eigenvalue weighted by atomic mass is 32.2. The second-order valence-corrected chi connectivity index (χ2v) is 10.3. The number of para-hydroxylation sites is 2. The van der Waals surface area contributed by atoms with Crippen molar-refractivity contribution < 1.29 is 27.5 Å². The molecule has 0 unspecified atom stereocenters. The van der Waals surface area contributed by atoms with Crippen LogP contribution in [0.2, 0.25) is 0 Å². The maximum absolute atomic E-state index is 12.4. The average molecular weight is 539 g/mol. The van der Waals surface area contributed by atoms with Gasteiger partial charge in [0.05, 0.1) is 31.0 Å². The van der Waals surface area contributed by atoms with Crippen molar-refractivity contribution in [3.63, 3.8) is 0 Å². The summed E-state index contributed by atoms with van der Waals surface area (Å²) in [6.07, 6.45) is 2.47. The molecule has 2 amide bonds. The minimum absolute atomic E-state index is 0.196. The van der Waals surface area contributed by atoms with Crippen LogP contribution in [0.15, 0.2) is 71.8 Å². The number of hydrazone groups is 1. The number of sulfonamides is 1. The summed E-state index contributed by atoms with van der Waals surface area (Å²) in [5, 5.41) is 6.64. The lowest BCUT2D eigenvalue weighted by Crippen LogP contribution is -2.39. The number of carbonyl (C=O) groups excluding carboxylic acids is 2. The third kappa shape index (κ3) is 7.81. The van der Waals surface area contributed by atoms with E-state index < -0.39 is 22.5 Å².